The van der Waals surface area contributed by atoms with Crippen molar-refractivity contribution in [3.63, 3.8) is 0 Å². The van der Waals surface area contributed by atoms with E-state index in [2.05, 4.69) is 36.4 Å². The Morgan fingerprint density at radius 2 is 0.864 bits per heavy atom. The highest BCUT2D eigenvalue weighted by atomic mass is 17.2. The van der Waals surface area contributed by atoms with Crippen LogP contribution in [0.4, 0.5) is 0 Å². The van der Waals surface area contributed by atoms with Crippen molar-refractivity contribution in [2.24, 2.45) is 0 Å². The Bertz CT molecular complexity index is 597. The molecule has 3 aromatic carbocycles. The molecule has 2 heteroatoms. The molecule has 0 bridgehead atoms. The van der Waals surface area contributed by atoms with E-state index in [0.29, 0.717) is 0 Å². The summed E-state index contributed by atoms with van der Waals surface area (Å²) in [7, 11) is 1.55. The van der Waals surface area contributed by atoms with Crippen LogP contribution in [-0.2, 0) is 15.4 Å². The number of hydrogen-bond acceptors (Lipinski definition) is 2. The molecule has 0 saturated carbocycles. The van der Waals surface area contributed by atoms with Crippen molar-refractivity contribution in [3.05, 3.63) is 108 Å². The Morgan fingerprint density at radius 1 is 0.545 bits per heavy atom. The van der Waals surface area contributed by atoms with Crippen molar-refractivity contribution < 1.29 is 9.78 Å². The third-order valence-corrected chi connectivity index (χ3v) is 3.75. The van der Waals surface area contributed by atoms with Crippen LogP contribution in [0.1, 0.15) is 16.7 Å². The third-order valence-electron chi connectivity index (χ3n) is 3.75. The van der Waals surface area contributed by atoms with Gasteiger partial charge < -0.3 is 0 Å². The molecule has 0 saturated heterocycles. The van der Waals surface area contributed by atoms with E-state index in [0.717, 1.165) is 16.7 Å². The second-order valence-electron chi connectivity index (χ2n) is 5.03. The van der Waals surface area contributed by atoms with Crippen molar-refractivity contribution in [2.75, 3.05) is 7.11 Å². The van der Waals surface area contributed by atoms with Gasteiger partial charge in [-0.1, -0.05) is 91.0 Å². The highest BCUT2D eigenvalue weighted by Gasteiger charge is 2.38. The Kier molecular flexibility index (Phi) is 4.33. The molecular weight excluding hydrogens is 272 g/mol. The van der Waals surface area contributed by atoms with Crippen LogP contribution in [0.25, 0.3) is 0 Å². The van der Waals surface area contributed by atoms with Crippen molar-refractivity contribution in [1.82, 2.24) is 0 Å². The fourth-order valence-corrected chi connectivity index (χ4v) is 2.79. The summed E-state index contributed by atoms with van der Waals surface area (Å²) in [5.74, 6) is 0. The summed E-state index contributed by atoms with van der Waals surface area (Å²) in [4.78, 5) is 11.1. The normalized spacial score (nSPS) is 11.3. The standard InChI is InChI=1S/C20H18O2/c1-21-22-20(17-11-5-2-6-12-17,18-13-7-3-8-14-18)19-15-9-4-10-16-19/h2-16H,1H3. The second kappa shape index (κ2) is 6.56. The minimum Gasteiger partial charge on any atom is -0.238 e. The lowest BCUT2D eigenvalue weighted by Crippen LogP contribution is -2.32. The Morgan fingerprint density at radius 3 is 1.14 bits per heavy atom. The molecule has 0 aromatic heterocycles. The van der Waals surface area contributed by atoms with Crippen LogP contribution < -0.4 is 0 Å². The summed E-state index contributed by atoms with van der Waals surface area (Å²) in [6.07, 6.45) is 0. The largest absolute Gasteiger partial charge is 0.238 e. The van der Waals surface area contributed by atoms with Gasteiger partial charge in [0.05, 0.1) is 7.11 Å². The maximum absolute atomic E-state index is 5.89. The van der Waals surface area contributed by atoms with E-state index in [1.54, 1.807) is 7.11 Å². The first kappa shape index (κ1) is 14.5. The quantitative estimate of drug-likeness (QED) is 0.390. The molecule has 0 aliphatic rings. The van der Waals surface area contributed by atoms with Gasteiger partial charge in [0, 0.05) is 0 Å². The van der Waals surface area contributed by atoms with Gasteiger partial charge in [-0.15, -0.1) is 0 Å². The molecule has 0 heterocycles. The molecule has 0 radical (unpaired) electrons. The monoisotopic (exact) mass is 290 g/mol. The van der Waals surface area contributed by atoms with Crippen LogP contribution in [0.5, 0.6) is 0 Å². The molecule has 0 N–H and O–H groups in total. The summed E-state index contributed by atoms with van der Waals surface area (Å²) >= 11 is 0. The van der Waals surface area contributed by atoms with E-state index in [9.17, 15) is 0 Å². The molecule has 0 unspecified atom stereocenters. The summed E-state index contributed by atoms with van der Waals surface area (Å²) in [6.45, 7) is 0. The zero-order valence-corrected chi connectivity index (χ0v) is 12.5. The highest BCUT2D eigenvalue weighted by Crippen LogP contribution is 2.40. The van der Waals surface area contributed by atoms with Gasteiger partial charge >= 0.3 is 0 Å². The smallest absolute Gasteiger partial charge is 0.178 e. The van der Waals surface area contributed by atoms with Crippen molar-refractivity contribution >= 4 is 0 Å². The fourth-order valence-electron chi connectivity index (χ4n) is 2.79. The zero-order chi connectivity index (χ0) is 15.3. The van der Waals surface area contributed by atoms with Crippen molar-refractivity contribution in [2.45, 2.75) is 5.60 Å². The molecular formula is C20H18O2. The highest BCUT2D eigenvalue weighted by molar-refractivity contribution is 5.47. The molecule has 0 fully saturated rings. The molecule has 3 rings (SSSR count). The molecule has 22 heavy (non-hydrogen) atoms. The first-order chi connectivity index (χ1) is 10.9. The lowest BCUT2D eigenvalue weighted by atomic mass is 9.80. The van der Waals surface area contributed by atoms with Crippen LogP contribution in [0, 0.1) is 0 Å². The van der Waals surface area contributed by atoms with Crippen molar-refractivity contribution in [1.29, 1.82) is 0 Å². The average molecular weight is 290 g/mol. The van der Waals surface area contributed by atoms with E-state index in [1.807, 2.05) is 54.6 Å². The zero-order valence-electron chi connectivity index (χ0n) is 12.5. The Hall–Kier alpha value is -2.42. The lowest BCUT2D eigenvalue weighted by molar-refractivity contribution is -0.326. The van der Waals surface area contributed by atoms with Crippen LogP contribution in [0.2, 0.25) is 0 Å². The van der Waals surface area contributed by atoms with Crippen molar-refractivity contribution in [3.8, 4) is 0 Å². The van der Waals surface area contributed by atoms with Crippen LogP contribution in [0.3, 0.4) is 0 Å². The van der Waals surface area contributed by atoms with E-state index in [1.165, 1.54) is 0 Å². The Labute approximate surface area is 130 Å². The van der Waals surface area contributed by atoms with Crippen LogP contribution >= 0.6 is 0 Å². The second-order valence-corrected chi connectivity index (χ2v) is 5.03. The van der Waals surface area contributed by atoms with E-state index in [-0.39, 0.29) is 0 Å². The first-order valence-corrected chi connectivity index (χ1v) is 7.26. The molecule has 0 atom stereocenters. The third kappa shape index (κ3) is 2.54. The van der Waals surface area contributed by atoms with E-state index >= 15 is 0 Å². The fraction of sp³-hybridized carbons (Fsp3) is 0.100. The predicted octanol–water partition coefficient (Wildman–Crippen LogP) is 4.56. The number of benzene rings is 3. The summed E-state index contributed by atoms with van der Waals surface area (Å²) in [5.41, 5.74) is 2.27. The van der Waals surface area contributed by atoms with Gasteiger partial charge in [-0.05, 0) is 16.7 Å². The van der Waals surface area contributed by atoms with Gasteiger partial charge in [0.2, 0.25) is 0 Å². The van der Waals surface area contributed by atoms with Crippen LogP contribution in [-0.4, -0.2) is 7.11 Å². The molecule has 3 aromatic rings. The molecule has 110 valence electrons. The maximum atomic E-state index is 5.89. The van der Waals surface area contributed by atoms with Gasteiger partial charge in [-0.3, -0.25) is 0 Å². The summed E-state index contributed by atoms with van der Waals surface area (Å²) < 4.78 is 0. The molecule has 2 nitrogen and oxygen atoms in total. The summed E-state index contributed by atoms with van der Waals surface area (Å²) in [5, 5.41) is 0. The summed E-state index contributed by atoms with van der Waals surface area (Å²) in [6, 6.07) is 30.4. The van der Waals surface area contributed by atoms with Gasteiger partial charge in [0.15, 0.2) is 5.60 Å². The van der Waals surface area contributed by atoms with E-state index < -0.39 is 5.60 Å². The Balaban J connectivity index is 2.29. The van der Waals surface area contributed by atoms with Gasteiger partial charge in [0.1, 0.15) is 0 Å². The molecule has 0 aliphatic heterocycles. The van der Waals surface area contributed by atoms with Gasteiger partial charge in [-0.2, -0.15) is 0 Å². The molecule has 0 amide bonds. The number of rotatable bonds is 5. The average Bonchev–Trinajstić information content (AvgIpc) is 2.62. The van der Waals surface area contributed by atoms with Gasteiger partial charge in [0.25, 0.3) is 0 Å². The van der Waals surface area contributed by atoms with E-state index in [4.69, 9.17) is 9.78 Å². The first-order valence-electron chi connectivity index (χ1n) is 7.26. The molecule has 0 aliphatic carbocycles. The predicted molar refractivity (Wildman–Crippen MR) is 87.3 cm³/mol. The van der Waals surface area contributed by atoms with Crippen LogP contribution in [0.15, 0.2) is 91.0 Å². The minimum absolute atomic E-state index is 0.793. The number of hydrogen-bond donors (Lipinski definition) is 0. The lowest BCUT2D eigenvalue weighted by Gasteiger charge is -2.33. The maximum Gasteiger partial charge on any atom is 0.178 e. The topological polar surface area (TPSA) is 18.5 Å². The van der Waals surface area contributed by atoms with Gasteiger partial charge in [-0.25, -0.2) is 9.78 Å². The SMILES string of the molecule is COOC(c1ccccc1)(c1ccccc1)c1ccccc1. The minimum atomic E-state index is -0.793. The molecule has 0 spiro atoms.